The van der Waals surface area contributed by atoms with Gasteiger partial charge in [-0.05, 0) is 18.9 Å². The smallest absolute Gasteiger partial charge is 0.401 e. The van der Waals surface area contributed by atoms with Crippen molar-refractivity contribution in [1.82, 2.24) is 10.2 Å². The summed E-state index contributed by atoms with van der Waals surface area (Å²) in [7, 11) is 0. The van der Waals surface area contributed by atoms with Crippen LogP contribution < -0.4 is 5.32 Å². The first-order valence-electron chi connectivity index (χ1n) is 5.54. The van der Waals surface area contributed by atoms with Crippen LogP contribution in [-0.2, 0) is 9.59 Å². The van der Waals surface area contributed by atoms with Crippen LogP contribution in [0.1, 0.15) is 12.8 Å². The molecule has 1 atom stereocenters. The number of nitrogens with zero attached hydrogens (tertiary/aromatic N) is 1. The highest BCUT2D eigenvalue weighted by Crippen LogP contribution is 2.22. The number of halogens is 3. The fourth-order valence-corrected chi connectivity index (χ4v) is 1.93. The first kappa shape index (κ1) is 14.7. The lowest BCUT2D eigenvalue weighted by atomic mass is 10.1. The van der Waals surface area contributed by atoms with Crippen LogP contribution in [0.25, 0.3) is 0 Å². The van der Waals surface area contributed by atoms with Crippen LogP contribution in [0.15, 0.2) is 0 Å². The van der Waals surface area contributed by atoms with Gasteiger partial charge in [0.1, 0.15) is 6.42 Å². The minimum Gasteiger partial charge on any atom is -0.481 e. The van der Waals surface area contributed by atoms with Gasteiger partial charge < -0.3 is 10.4 Å². The number of hydrogen-bond donors (Lipinski definition) is 2. The van der Waals surface area contributed by atoms with Crippen LogP contribution in [0.4, 0.5) is 13.2 Å². The molecular formula is C10H15F3N2O3. The molecule has 1 aliphatic heterocycles. The molecule has 0 bridgehead atoms. The van der Waals surface area contributed by atoms with E-state index in [1.165, 1.54) is 4.90 Å². The van der Waals surface area contributed by atoms with Crippen molar-refractivity contribution >= 4 is 11.9 Å². The summed E-state index contributed by atoms with van der Waals surface area (Å²) >= 11 is 0. The Kier molecular flexibility index (Phi) is 4.94. The number of carboxylic acid groups (broad SMARTS) is 1. The van der Waals surface area contributed by atoms with Crippen molar-refractivity contribution in [1.29, 1.82) is 0 Å². The zero-order chi connectivity index (χ0) is 13.8. The van der Waals surface area contributed by atoms with Gasteiger partial charge in [0.25, 0.3) is 0 Å². The minimum absolute atomic E-state index is 0.0508. The average Bonchev–Trinajstić information content (AvgIpc) is 2.58. The van der Waals surface area contributed by atoms with Crippen LogP contribution in [0, 0.1) is 5.92 Å². The molecular weight excluding hydrogens is 253 g/mol. The van der Waals surface area contributed by atoms with Crippen LogP contribution in [-0.4, -0.2) is 54.2 Å². The summed E-state index contributed by atoms with van der Waals surface area (Å²) < 4.78 is 36.3. The summed E-state index contributed by atoms with van der Waals surface area (Å²) in [5.41, 5.74) is 0. The lowest BCUT2D eigenvalue weighted by Crippen LogP contribution is -2.35. The Morgan fingerprint density at radius 2 is 2.06 bits per heavy atom. The fraction of sp³-hybridized carbons (Fsp3) is 0.800. The molecule has 1 unspecified atom stereocenters. The molecule has 0 aromatic carbocycles. The average molecular weight is 268 g/mol. The number of carbonyl (C=O) groups excluding carboxylic acids is 1. The number of carbonyl (C=O) groups is 2. The van der Waals surface area contributed by atoms with Gasteiger partial charge in [-0.1, -0.05) is 0 Å². The van der Waals surface area contributed by atoms with E-state index in [0.29, 0.717) is 13.0 Å². The van der Waals surface area contributed by atoms with Crippen molar-refractivity contribution in [2.45, 2.75) is 19.0 Å². The van der Waals surface area contributed by atoms with Crippen molar-refractivity contribution < 1.29 is 27.9 Å². The van der Waals surface area contributed by atoms with E-state index in [2.05, 4.69) is 5.32 Å². The number of aliphatic carboxylic acids is 1. The van der Waals surface area contributed by atoms with Gasteiger partial charge in [0.2, 0.25) is 5.91 Å². The van der Waals surface area contributed by atoms with Gasteiger partial charge in [-0.3, -0.25) is 14.5 Å². The molecule has 0 aromatic rings. The first-order valence-corrected chi connectivity index (χ1v) is 5.54. The van der Waals surface area contributed by atoms with Gasteiger partial charge >= 0.3 is 12.1 Å². The van der Waals surface area contributed by atoms with Crippen molar-refractivity contribution in [3.8, 4) is 0 Å². The Balaban J connectivity index is 2.22. The zero-order valence-corrected chi connectivity index (χ0v) is 9.66. The number of carboxylic acids is 1. The van der Waals surface area contributed by atoms with E-state index >= 15 is 0 Å². The Morgan fingerprint density at radius 3 is 2.61 bits per heavy atom. The highest BCUT2D eigenvalue weighted by Gasteiger charge is 2.34. The first-order chi connectivity index (χ1) is 8.26. The second-order valence-electron chi connectivity index (χ2n) is 4.38. The molecule has 0 aliphatic carbocycles. The monoisotopic (exact) mass is 268 g/mol. The van der Waals surface area contributed by atoms with E-state index in [4.69, 9.17) is 5.11 Å². The molecule has 1 amide bonds. The van der Waals surface area contributed by atoms with E-state index in [9.17, 15) is 22.8 Å². The highest BCUT2D eigenvalue weighted by atomic mass is 19.4. The molecule has 8 heteroatoms. The molecule has 0 aromatic heterocycles. The van der Waals surface area contributed by atoms with E-state index in [1.54, 1.807) is 0 Å². The van der Waals surface area contributed by atoms with Crippen molar-refractivity contribution in [3.05, 3.63) is 0 Å². The van der Waals surface area contributed by atoms with Crippen LogP contribution in [0.2, 0.25) is 0 Å². The number of alkyl halides is 3. The quantitative estimate of drug-likeness (QED) is 0.711. The van der Waals surface area contributed by atoms with Gasteiger partial charge in [0, 0.05) is 13.1 Å². The lowest BCUT2D eigenvalue weighted by Gasteiger charge is -2.17. The van der Waals surface area contributed by atoms with Gasteiger partial charge in [0.05, 0.1) is 6.54 Å². The van der Waals surface area contributed by atoms with Gasteiger partial charge in [-0.2, -0.15) is 13.2 Å². The molecule has 1 aliphatic rings. The molecule has 1 saturated heterocycles. The van der Waals surface area contributed by atoms with Crippen LogP contribution in [0.5, 0.6) is 0 Å². The molecule has 18 heavy (non-hydrogen) atoms. The zero-order valence-electron chi connectivity index (χ0n) is 9.66. The van der Waals surface area contributed by atoms with Crippen LogP contribution >= 0.6 is 0 Å². The molecule has 1 rings (SSSR count). The molecule has 2 N–H and O–H groups in total. The minimum atomic E-state index is -4.21. The summed E-state index contributed by atoms with van der Waals surface area (Å²) in [4.78, 5) is 22.5. The van der Waals surface area contributed by atoms with Crippen molar-refractivity contribution in [2.24, 2.45) is 5.92 Å². The summed E-state index contributed by atoms with van der Waals surface area (Å²) in [5, 5.41) is 10.8. The predicted octanol–water partition coefficient (Wildman–Crippen LogP) is 0.462. The maximum absolute atomic E-state index is 12.1. The number of likely N-dealkylation sites (tertiary alicyclic amines) is 1. The van der Waals surface area contributed by atoms with Gasteiger partial charge in [-0.25, -0.2) is 0 Å². The number of nitrogens with one attached hydrogen (secondary N) is 1. The van der Waals surface area contributed by atoms with Gasteiger partial charge in [0.15, 0.2) is 0 Å². The molecule has 0 spiro atoms. The predicted molar refractivity (Wildman–Crippen MR) is 55.9 cm³/mol. The molecule has 5 nitrogen and oxygen atoms in total. The number of hydrogen-bond acceptors (Lipinski definition) is 3. The van der Waals surface area contributed by atoms with Crippen molar-refractivity contribution in [3.63, 3.8) is 0 Å². The third-order valence-electron chi connectivity index (χ3n) is 2.67. The molecule has 0 radical (unpaired) electrons. The second-order valence-corrected chi connectivity index (χ2v) is 4.38. The van der Waals surface area contributed by atoms with E-state index in [-0.39, 0.29) is 19.0 Å². The van der Waals surface area contributed by atoms with E-state index < -0.39 is 31.0 Å². The maximum atomic E-state index is 12.1. The topological polar surface area (TPSA) is 69.6 Å². The maximum Gasteiger partial charge on any atom is 0.401 e. The SMILES string of the molecule is O=C(O)CC(=O)NCC1CCN(CC(F)(F)F)C1. The normalized spacial score (nSPS) is 20.9. The third-order valence-corrected chi connectivity index (χ3v) is 2.67. The molecule has 0 saturated carbocycles. The highest BCUT2D eigenvalue weighted by molar-refractivity contribution is 5.93. The Morgan fingerprint density at radius 1 is 1.39 bits per heavy atom. The van der Waals surface area contributed by atoms with E-state index in [0.717, 1.165) is 0 Å². The standard InChI is InChI=1S/C10H15F3N2O3/c11-10(12,13)6-15-2-1-7(5-15)4-14-8(16)3-9(17)18/h7H,1-6H2,(H,14,16)(H,17,18). The molecule has 104 valence electrons. The van der Waals surface area contributed by atoms with Crippen molar-refractivity contribution in [2.75, 3.05) is 26.2 Å². The molecule has 1 heterocycles. The Bertz CT molecular complexity index is 320. The third kappa shape index (κ3) is 5.85. The number of amides is 1. The summed E-state index contributed by atoms with van der Waals surface area (Å²) in [5.74, 6) is -1.89. The van der Waals surface area contributed by atoms with Gasteiger partial charge in [-0.15, -0.1) is 0 Å². The Labute approximate surface area is 102 Å². The summed E-state index contributed by atoms with van der Waals surface area (Å²) in [6.45, 7) is -0.0983. The summed E-state index contributed by atoms with van der Waals surface area (Å²) in [6.07, 6.45) is -4.25. The Hall–Kier alpha value is -1.31. The number of rotatable bonds is 5. The summed E-state index contributed by atoms with van der Waals surface area (Å²) in [6, 6.07) is 0. The molecule has 1 fully saturated rings. The lowest BCUT2D eigenvalue weighted by molar-refractivity contribution is -0.144. The van der Waals surface area contributed by atoms with E-state index in [1.807, 2.05) is 0 Å². The fourth-order valence-electron chi connectivity index (χ4n) is 1.93. The van der Waals surface area contributed by atoms with Crippen LogP contribution in [0.3, 0.4) is 0 Å². The second kappa shape index (κ2) is 6.03. The largest absolute Gasteiger partial charge is 0.481 e.